The van der Waals surface area contributed by atoms with E-state index in [1.807, 2.05) is 0 Å². The molecule has 2 aliphatic carbocycles. The maximum Gasteiger partial charge on any atom is 0.290 e. The number of amides is 2. The van der Waals surface area contributed by atoms with Crippen LogP contribution in [0.2, 0.25) is 0 Å². The van der Waals surface area contributed by atoms with Gasteiger partial charge < -0.3 is 20.5 Å². The molecule has 3 N–H and O–H groups in total. The van der Waals surface area contributed by atoms with E-state index in [1.54, 1.807) is 11.6 Å². The maximum atomic E-state index is 12.4. The average Bonchev–Trinajstić information content (AvgIpc) is 3.44. The van der Waals surface area contributed by atoms with Crippen molar-refractivity contribution in [3.63, 3.8) is 0 Å². The van der Waals surface area contributed by atoms with Crippen molar-refractivity contribution in [2.45, 2.75) is 83.5 Å². The number of nitrogens with one attached hydrogen (secondary N) is 2. The van der Waals surface area contributed by atoms with Crippen molar-refractivity contribution < 1.29 is 24.2 Å². The van der Waals surface area contributed by atoms with Crippen LogP contribution in [0, 0.1) is 12.8 Å². The molecule has 0 bridgehead atoms. The molecule has 0 aliphatic heterocycles. The minimum absolute atomic E-state index is 0.0236. The van der Waals surface area contributed by atoms with Crippen molar-refractivity contribution in [2.24, 2.45) is 5.92 Å². The molecule has 0 spiro atoms. The highest BCUT2D eigenvalue weighted by Gasteiger charge is 2.36. The molecule has 2 aliphatic rings. The largest absolute Gasteiger partial charge is 0.483 e. The molecule has 0 radical (unpaired) electrons. The van der Waals surface area contributed by atoms with Gasteiger partial charge in [0, 0.05) is 25.0 Å². The first-order chi connectivity index (χ1) is 14.5. The van der Waals surface area contributed by atoms with Gasteiger partial charge in [0.05, 0.1) is 18.7 Å². The summed E-state index contributed by atoms with van der Waals surface area (Å²) in [7, 11) is 0. The molecule has 3 atom stereocenters. The summed E-state index contributed by atoms with van der Waals surface area (Å²) in [6.45, 7) is 4.70. The van der Waals surface area contributed by atoms with Crippen molar-refractivity contribution in [3.8, 4) is 0 Å². The quantitative estimate of drug-likeness (QED) is 0.483. The third-order valence-electron chi connectivity index (χ3n) is 5.23. The van der Waals surface area contributed by atoms with Crippen molar-refractivity contribution in [3.05, 3.63) is 5.82 Å². The Morgan fingerprint density at radius 3 is 2.60 bits per heavy atom. The van der Waals surface area contributed by atoms with Crippen molar-refractivity contribution >= 4 is 18.3 Å². The minimum Gasteiger partial charge on any atom is -0.483 e. The predicted octanol–water partition coefficient (Wildman–Crippen LogP) is 0.431. The molecular formula is C19H32N6O5. The number of hydrogen-bond donors (Lipinski definition) is 3. The molecule has 2 fully saturated rings. The van der Waals surface area contributed by atoms with Gasteiger partial charge in [0.15, 0.2) is 0 Å². The zero-order chi connectivity index (χ0) is 21.9. The van der Waals surface area contributed by atoms with Crippen molar-refractivity contribution in [1.29, 1.82) is 0 Å². The van der Waals surface area contributed by atoms with Gasteiger partial charge in [-0.25, -0.2) is 4.68 Å². The Morgan fingerprint density at radius 1 is 1.27 bits per heavy atom. The van der Waals surface area contributed by atoms with E-state index in [-0.39, 0.29) is 36.4 Å². The monoisotopic (exact) mass is 424 g/mol. The Balaban J connectivity index is 0.00000101. The highest BCUT2D eigenvalue weighted by molar-refractivity contribution is 5.79. The van der Waals surface area contributed by atoms with Gasteiger partial charge in [-0.1, -0.05) is 6.92 Å². The predicted molar refractivity (Wildman–Crippen MR) is 106 cm³/mol. The third kappa shape index (κ3) is 7.69. The lowest BCUT2D eigenvalue weighted by Crippen LogP contribution is -2.50. The molecule has 2 amide bonds. The van der Waals surface area contributed by atoms with E-state index < -0.39 is 0 Å². The van der Waals surface area contributed by atoms with Crippen molar-refractivity contribution in [2.75, 3.05) is 6.61 Å². The lowest BCUT2D eigenvalue weighted by molar-refractivity contribution is -0.130. The van der Waals surface area contributed by atoms with Crippen LogP contribution >= 0.6 is 0 Å². The second-order valence-corrected chi connectivity index (χ2v) is 7.68. The third-order valence-corrected chi connectivity index (χ3v) is 5.23. The number of tetrazole rings is 1. The Morgan fingerprint density at radius 2 is 2.00 bits per heavy atom. The lowest BCUT2D eigenvalue weighted by Gasteiger charge is -2.36. The molecule has 1 aromatic rings. The number of carbonyl (C=O) groups is 3. The second kappa shape index (κ2) is 12.2. The first kappa shape index (κ1) is 23.7. The molecule has 3 rings (SSSR count). The number of ether oxygens (including phenoxy) is 1. The van der Waals surface area contributed by atoms with Gasteiger partial charge in [0.2, 0.25) is 11.8 Å². The van der Waals surface area contributed by atoms with E-state index >= 15 is 0 Å². The SMILES string of the molecule is CCCO[C@@H]1C[C@@H](C(=O)NC2CC2)CC[C@H]1NC(=O)CCn1nnnc1C.O=CO. The number of carbonyl (C=O) groups excluding carboxylic acids is 2. The van der Waals surface area contributed by atoms with E-state index in [2.05, 4.69) is 33.1 Å². The van der Waals surface area contributed by atoms with E-state index in [0.29, 0.717) is 37.9 Å². The average molecular weight is 425 g/mol. The van der Waals surface area contributed by atoms with E-state index in [1.165, 1.54) is 0 Å². The van der Waals surface area contributed by atoms with Gasteiger partial charge in [-0.05, 0) is 55.9 Å². The van der Waals surface area contributed by atoms with Gasteiger partial charge in [-0.3, -0.25) is 14.4 Å². The van der Waals surface area contributed by atoms with Crippen LogP contribution in [0.25, 0.3) is 0 Å². The molecule has 168 valence electrons. The fourth-order valence-corrected chi connectivity index (χ4v) is 3.47. The number of carboxylic acid groups (broad SMARTS) is 1. The number of aryl methyl sites for hydroxylation is 2. The Labute approximate surface area is 175 Å². The molecule has 1 aromatic heterocycles. The van der Waals surface area contributed by atoms with Crippen LogP contribution in [-0.4, -0.2) is 68.4 Å². The molecule has 0 aromatic carbocycles. The van der Waals surface area contributed by atoms with E-state index in [4.69, 9.17) is 14.6 Å². The normalized spacial score (nSPS) is 23.1. The summed E-state index contributed by atoms with van der Waals surface area (Å²) in [5.74, 6) is 0.765. The van der Waals surface area contributed by atoms with Gasteiger partial charge in [0.25, 0.3) is 6.47 Å². The molecule has 11 nitrogen and oxygen atoms in total. The molecule has 0 unspecified atom stereocenters. The fourth-order valence-electron chi connectivity index (χ4n) is 3.47. The van der Waals surface area contributed by atoms with Crippen LogP contribution in [0.4, 0.5) is 0 Å². The number of aromatic nitrogens is 4. The summed E-state index contributed by atoms with van der Waals surface area (Å²) in [6.07, 6.45) is 5.49. The second-order valence-electron chi connectivity index (χ2n) is 7.68. The molecule has 1 heterocycles. The van der Waals surface area contributed by atoms with E-state index in [0.717, 1.165) is 32.1 Å². The summed E-state index contributed by atoms with van der Waals surface area (Å²) < 4.78 is 7.60. The summed E-state index contributed by atoms with van der Waals surface area (Å²) in [5, 5.41) is 24.3. The molecule has 0 saturated heterocycles. The Kier molecular flexibility index (Phi) is 9.65. The number of hydrogen-bond acceptors (Lipinski definition) is 7. The zero-order valence-electron chi connectivity index (χ0n) is 17.6. The molecular weight excluding hydrogens is 392 g/mol. The minimum atomic E-state index is -0.250. The highest BCUT2D eigenvalue weighted by atomic mass is 16.5. The maximum absolute atomic E-state index is 12.4. The summed E-state index contributed by atoms with van der Waals surface area (Å²) in [5.41, 5.74) is 0. The van der Waals surface area contributed by atoms with Crippen LogP contribution in [0.5, 0.6) is 0 Å². The van der Waals surface area contributed by atoms with Crippen LogP contribution in [-0.2, 0) is 25.7 Å². The molecule has 30 heavy (non-hydrogen) atoms. The number of nitrogens with zero attached hydrogens (tertiary/aromatic N) is 4. The first-order valence-corrected chi connectivity index (χ1v) is 10.5. The lowest BCUT2D eigenvalue weighted by atomic mass is 9.83. The van der Waals surface area contributed by atoms with Crippen LogP contribution in [0.1, 0.15) is 57.7 Å². The Hall–Kier alpha value is -2.56. The molecule has 2 saturated carbocycles. The molecule has 11 heteroatoms. The fraction of sp³-hybridized carbons (Fsp3) is 0.789. The Bertz CT molecular complexity index is 693. The van der Waals surface area contributed by atoms with Crippen LogP contribution < -0.4 is 10.6 Å². The summed E-state index contributed by atoms with van der Waals surface area (Å²) in [4.78, 5) is 33.1. The van der Waals surface area contributed by atoms with Gasteiger partial charge in [-0.2, -0.15) is 0 Å². The number of rotatable bonds is 9. The summed E-state index contributed by atoms with van der Waals surface area (Å²) >= 11 is 0. The van der Waals surface area contributed by atoms with E-state index in [9.17, 15) is 9.59 Å². The van der Waals surface area contributed by atoms with Gasteiger partial charge in [-0.15, -0.1) is 5.10 Å². The van der Waals surface area contributed by atoms with Crippen LogP contribution in [0.15, 0.2) is 0 Å². The standard InChI is InChI=1S/C18H30N6O3.CH2O2/c1-3-10-27-16-11-13(18(26)19-14-5-6-14)4-7-15(16)20-17(25)8-9-24-12(2)21-22-23-24;2-1-3/h13-16H,3-11H2,1-2H3,(H,19,26)(H,20,25);1H,(H,2,3)/t13-,15+,16+;/m0./s1. The topological polar surface area (TPSA) is 148 Å². The van der Waals surface area contributed by atoms with Gasteiger partial charge in [0.1, 0.15) is 5.82 Å². The highest BCUT2D eigenvalue weighted by Crippen LogP contribution is 2.29. The summed E-state index contributed by atoms with van der Waals surface area (Å²) in [6, 6.07) is 0.323. The van der Waals surface area contributed by atoms with Gasteiger partial charge >= 0.3 is 0 Å². The first-order valence-electron chi connectivity index (χ1n) is 10.5. The van der Waals surface area contributed by atoms with Crippen molar-refractivity contribution in [1.82, 2.24) is 30.8 Å². The van der Waals surface area contributed by atoms with Crippen LogP contribution in [0.3, 0.4) is 0 Å². The smallest absolute Gasteiger partial charge is 0.290 e. The zero-order valence-corrected chi connectivity index (χ0v) is 17.6.